The van der Waals surface area contributed by atoms with E-state index in [1.165, 1.54) is 0 Å². The summed E-state index contributed by atoms with van der Waals surface area (Å²) in [5.74, 6) is 0.0675. The summed E-state index contributed by atoms with van der Waals surface area (Å²) in [6.07, 6.45) is -9.16. The zero-order valence-corrected chi connectivity index (χ0v) is 11.9. The van der Waals surface area contributed by atoms with Crippen molar-refractivity contribution in [2.45, 2.75) is 32.2 Å². The Bertz CT molecular complexity index is 451. The fourth-order valence-corrected chi connectivity index (χ4v) is 1.91. The number of nitrogens with one attached hydrogen (secondary N) is 1. The van der Waals surface area contributed by atoms with Crippen molar-refractivity contribution in [1.82, 2.24) is 5.32 Å². The number of rotatable bonds is 6. The van der Waals surface area contributed by atoms with Crippen LogP contribution in [0.25, 0.3) is 0 Å². The number of benzene rings is 1. The molecule has 0 saturated carbocycles. The molecule has 0 bridgehead atoms. The maximum absolute atomic E-state index is 12.7. The van der Waals surface area contributed by atoms with Crippen LogP contribution >= 0.6 is 0 Å². The van der Waals surface area contributed by atoms with Crippen molar-refractivity contribution in [3.8, 4) is 0 Å². The first kappa shape index (κ1) is 18.8. The molecule has 1 aromatic carbocycles. The molecule has 1 atom stereocenters. The molecule has 0 spiro atoms. The molecule has 126 valence electrons. The highest BCUT2D eigenvalue weighted by Crippen LogP contribution is 2.36. The van der Waals surface area contributed by atoms with Crippen molar-refractivity contribution in [3.63, 3.8) is 0 Å². The van der Waals surface area contributed by atoms with E-state index in [9.17, 15) is 26.3 Å². The molecule has 1 rings (SSSR count). The van der Waals surface area contributed by atoms with Gasteiger partial charge in [0, 0.05) is 13.2 Å². The van der Waals surface area contributed by atoms with Gasteiger partial charge in [-0.15, -0.1) is 0 Å². The zero-order valence-electron chi connectivity index (χ0n) is 11.9. The summed E-state index contributed by atoms with van der Waals surface area (Å²) in [6, 6.07) is 1.52. The van der Waals surface area contributed by atoms with Crippen LogP contribution in [0.4, 0.5) is 26.3 Å². The Labute approximate surface area is 124 Å². The molecule has 2 N–H and O–H groups in total. The van der Waals surface area contributed by atoms with Gasteiger partial charge in [-0.25, -0.2) is 0 Å². The first-order chi connectivity index (χ1) is 10.0. The molecular formula is C14H17F6NO. The van der Waals surface area contributed by atoms with Gasteiger partial charge >= 0.3 is 12.4 Å². The third-order valence-corrected chi connectivity index (χ3v) is 3.09. The van der Waals surface area contributed by atoms with Gasteiger partial charge in [0.05, 0.1) is 11.1 Å². The van der Waals surface area contributed by atoms with Crippen LogP contribution in [0.5, 0.6) is 0 Å². The van der Waals surface area contributed by atoms with E-state index in [1.807, 2.05) is 6.92 Å². The smallest absolute Gasteiger partial charge is 0.396 e. The fraction of sp³-hybridized carbons (Fsp3) is 0.571. The van der Waals surface area contributed by atoms with Gasteiger partial charge in [-0.2, -0.15) is 26.3 Å². The number of aliphatic hydroxyl groups excluding tert-OH is 1. The van der Waals surface area contributed by atoms with Crippen molar-refractivity contribution >= 4 is 0 Å². The van der Waals surface area contributed by atoms with Crippen LogP contribution in [0.2, 0.25) is 0 Å². The minimum Gasteiger partial charge on any atom is -0.396 e. The third-order valence-electron chi connectivity index (χ3n) is 3.09. The molecule has 8 heteroatoms. The summed E-state index contributed by atoms with van der Waals surface area (Å²) < 4.78 is 76.0. The molecule has 0 fully saturated rings. The number of hydrogen-bond acceptors (Lipinski definition) is 2. The van der Waals surface area contributed by atoms with Crippen molar-refractivity contribution in [3.05, 3.63) is 34.9 Å². The molecule has 0 aromatic heterocycles. The van der Waals surface area contributed by atoms with E-state index < -0.39 is 23.5 Å². The Kier molecular flexibility index (Phi) is 6.25. The van der Waals surface area contributed by atoms with Crippen LogP contribution in [0, 0.1) is 5.92 Å². The second-order valence-corrected chi connectivity index (χ2v) is 5.16. The van der Waals surface area contributed by atoms with Gasteiger partial charge in [0.15, 0.2) is 0 Å². The van der Waals surface area contributed by atoms with E-state index in [0.717, 1.165) is 0 Å². The largest absolute Gasteiger partial charge is 0.416 e. The second-order valence-electron chi connectivity index (χ2n) is 5.16. The number of hydrogen-bond donors (Lipinski definition) is 2. The summed E-state index contributed by atoms with van der Waals surface area (Å²) in [5.41, 5.74) is -2.72. The van der Waals surface area contributed by atoms with Crippen LogP contribution in [0.1, 0.15) is 30.0 Å². The van der Waals surface area contributed by atoms with Crippen LogP contribution < -0.4 is 5.32 Å². The van der Waals surface area contributed by atoms with E-state index in [1.54, 1.807) is 0 Å². The maximum atomic E-state index is 12.7. The third kappa shape index (κ3) is 5.84. The zero-order chi connectivity index (χ0) is 17.0. The Hall–Kier alpha value is -1.28. The predicted octanol–water partition coefficient (Wildman–Crippen LogP) is 3.83. The molecule has 0 amide bonds. The van der Waals surface area contributed by atoms with Crippen molar-refractivity contribution in [2.75, 3.05) is 13.2 Å². The maximum Gasteiger partial charge on any atom is 0.416 e. The van der Waals surface area contributed by atoms with Crippen molar-refractivity contribution in [2.24, 2.45) is 5.92 Å². The first-order valence-electron chi connectivity index (χ1n) is 6.64. The molecule has 0 aliphatic carbocycles. The SMILES string of the molecule is CC(CCO)CNCc1cc(C(F)(F)F)cc(C(F)(F)F)c1. The van der Waals surface area contributed by atoms with E-state index >= 15 is 0 Å². The van der Waals surface area contributed by atoms with Gasteiger partial charge in [0.1, 0.15) is 0 Å². The van der Waals surface area contributed by atoms with Gasteiger partial charge in [0.25, 0.3) is 0 Å². The highest BCUT2D eigenvalue weighted by Gasteiger charge is 2.36. The molecule has 0 heterocycles. The van der Waals surface area contributed by atoms with E-state index in [-0.39, 0.29) is 30.7 Å². The van der Waals surface area contributed by atoms with E-state index in [2.05, 4.69) is 5.32 Å². The normalized spacial score (nSPS) is 14.2. The Morgan fingerprint density at radius 1 is 1.00 bits per heavy atom. The Morgan fingerprint density at radius 2 is 1.50 bits per heavy atom. The van der Waals surface area contributed by atoms with Crippen molar-refractivity contribution in [1.29, 1.82) is 0 Å². The lowest BCUT2D eigenvalue weighted by atomic mass is 10.0. The molecule has 0 saturated heterocycles. The summed E-state index contributed by atoms with van der Waals surface area (Å²) in [7, 11) is 0. The van der Waals surface area contributed by atoms with Crippen LogP contribution in [0.3, 0.4) is 0 Å². The Balaban J connectivity index is 2.90. The molecule has 1 unspecified atom stereocenters. The van der Waals surface area contributed by atoms with E-state index in [4.69, 9.17) is 5.11 Å². The highest BCUT2D eigenvalue weighted by atomic mass is 19.4. The molecule has 0 radical (unpaired) electrons. The number of alkyl halides is 6. The van der Waals surface area contributed by atoms with Crippen LogP contribution in [0.15, 0.2) is 18.2 Å². The quantitative estimate of drug-likeness (QED) is 0.778. The summed E-state index contributed by atoms with van der Waals surface area (Å²) in [6.45, 7) is 2.07. The second kappa shape index (κ2) is 7.32. The molecular weight excluding hydrogens is 312 g/mol. The first-order valence-corrected chi connectivity index (χ1v) is 6.64. The van der Waals surface area contributed by atoms with Gasteiger partial charge < -0.3 is 10.4 Å². The summed E-state index contributed by atoms with van der Waals surface area (Å²) >= 11 is 0. The van der Waals surface area contributed by atoms with Gasteiger partial charge in [0.2, 0.25) is 0 Å². The van der Waals surface area contributed by atoms with Gasteiger partial charge in [-0.05, 0) is 42.6 Å². The lowest BCUT2D eigenvalue weighted by Crippen LogP contribution is -2.22. The fourth-order valence-electron chi connectivity index (χ4n) is 1.91. The van der Waals surface area contributed by atoms with E-state index in [0.29, 0.717) is 25.1 Å². The number of aliphatic hydroxyl groups is 1. The molecule has 22 heavy (non-hydrogen) atoms. The summed E-state index contributed by atoms with van der Waals surface area (Å²) in [5, 5.41) is 11.5. The predicted molar refractivity (Wildman–Crippen MR) is 69.0 cm³/mol. The lowest BCUT2D eigenvalue weighted by Gasteiger charge is -2.15. The highest BCUT2D eigenvalue weighted by molar-refractivity contribution is 5.33. The minimum absolute atomic E-state index is 0.0232. The molecule has 0 aliphatic rings. The average molecular weight is 329 g/mol. The molecule has 2 nitrogen and oxygen atoms in total. The Morgan fingerprint density at radius 3 is 1.91 bits per heavy atom. The van der Waals surface area contributed by atoms with Crippen molar-refractivity contribution < 1.29 is 31.4 Å². The van der Waals surface area contributed by atoms with Crippen LogP contribution in [-0.2, 0) is 18.9 Å². The monoisotopic (exact) mass is 329 g/mol. The molecule has 0 aliphatic heterocycles. The van der Waals surface area contributed by atoms with Gasteiger partial charge in [-0.1, -0.05) is 6.92 Å². The standard InChI is InChI=1S/C14H17F6NO/c1-9(2-3-22)7-21-8-10-4-11(13(15,16)17)6-12(5-10)14(18,19)20/h4-6,9,21-22H,2-3,7-8H2,1H3. The lowest BCUT2D eigenvalue weighted by molar-refractivity contribution is -0.143. The van der Waals surface area contributed by atoms with Crippen LogP contribution in [-0.4, -0.2) is 18.3 Å². The number of halogens is 6. The average Bonchev–Trinajstić information content (AvgIpc) is 2.36. The topological polar surface area (TPSA) is 32.3 Å². The van der Waals surface area contributed by atoms with Gasteiger partial charge in [-0.3, -0.25) is 0 Å². The summed E-state index contributed by atoms with van der Waals surface area (Å²) in [4.78, 5) is 0. The molecule has 1 aromatic rings. The minimum atomic E-state index is -4.83.